The largest absolute Gasteiger partial charge is 0.492 e. The summed E-state index contributed by atoms with van der Waals surface area (Å²) in [4.78, 5) is 16.8. The third kappa shape index (κ3) is 7.69. The predicted octanol–water partition coefficient (Wildman–Crippen LogP) is 3.43. The van der Waals surface area contributed by atoms with E-state index in [0.717, 1.165) is 38.2 Å². The third-order valence-corrected chi connectivity index (χ3v) is 5.42. The highest BCUT2D eigenvalue weighted by molar-refractivity contribution is 6.30. The zero-order chi connectivity index (χ0) is 20.5. The molecule has 0 atom stereocenters. The number of carbonyl (C=O) groups excluding carboxylic acids is 1. The molecule has 1 N–H and O–H groups in total. The Balaban J connectivity index is 1.29. The van der Waals surface area contributed by atoms with E-state index in [1.165, 1.54) is 5.56 Å². The maximum atomic E-state index is 12.3. The summed E-state index contributed by atoms with van der Waals surface area (Å²) in [6.45, 7) is 4.62. The van der Waals surface area contributed by atoms with Crippen molar-refractivity contribution in [1.82, 2.24) is 15.1 Å². The Morgan fingerprint density at radius 3 is 2.52 bits per heavy atom. The van der Waals surface area contributed by atoms with E-state index in [9.17, 15) is 4.79 Å². The monoisotopic (exact) mass is 415 g/mol. The van der Waals surface area contributed by atoms with Crippen molar-refractivity contribution >= 4 is 17.5 Å². The molecule has 0 unspecified atom stereocenters. The van der Waals surface area contributed by atoms with Gasteiger partial charge in [0.1, 0.15) is 12.4 Å². The molecule has 2 aromatic rings. The van der Waals surface area contributed by atoms with Gasteiger partial charge in [-0.2, -0.15) is 0 Å². The van der Waals surface area contributed by atoms with Crippen molar-refractivity contribution in [3.8, 4) is 5.75 Å². The van der Waals surface area contributed by atoms with Crippen LogP contribution < -0.4 is 10.1 Å². The van der Waals surface area contributed by atoms with Gasteiger partial charge in [0.15, 0.2) is 0 Å². The van der Waals surface area contributed by atoms with E-state index in [4.69, 9.17) is 16.3 Å². The zero-order valence-corrected chi connectivity index (χ0v) is 17.8. The molecule has 156 valence electrons. The molecular weight excluding hydrogens is 386 g/mol. The fourth-order valence-electron chi connectivity index (χ4n) is 3.52. The Morgan fingerprint density at radius 2 is 1.83 bits per heavy atom. The van der Waals surface area contributed by atoms with Crippen LogP contribution in [0.3, 0.4) is 0 Å². The van der Waals surface area contributed by atoms with Gasteiger partial charge in [-0.15, -0.1) is 0 Å². The number of hydrogen-bond acceptors (Lipinski definition) is 4. The van der Waals surface area contributed by atoms with Crippen molar-refractivity contribution in [1.29, 1.82) is 0 Å². The third-order valence-electron chi connectivity index (χ3n) is 5.17. The van der Waals surface area contributed by atoms with Gasteiger partial charge < -0.3 is 10.1 Å². The molecule has 0 saturated carbocycles. The maximum Gasteiger partial charge on any atom is 0.234 e. The number of nitrogens with zero attached hydrogens (tertiary/aromatic N) is 2. The van der Waals surface area contributed by atoms with Gasteiger partial charge in [0, 0.05) is 37.2 Å². The summed E-state index contributed by atoms with van der Waals surface area (Å²) in [6.07, 6.45) is 2.00. The van der Waals surface area contributed by atoms with Crippen LogP contribution in [0, 0.1) is 0 Å². The lowest BCUT2D eigenvalue weighted by Gasteiger charge is -2.32. The molecule has 0 aromatic heterocycles. The molecule has 1 saturated heterocycles. The lowest BCUT2D eigenvalue weighted by Crippen LogP contribution is -2.47. The van der Waals surface area contributed by atoms with Crippen LogP contribution in [0.2, 0.25) is 5.02 Å². The smallest absolute Gasteiger partial charge is 0.234 e. The summed E-state index contributed by atoms with van der Waals surface area (Å²) in [5, 5.41) is 3.88. The van der Waals surface area contributed by atoms with E-state index in [2.05, 4.69) is 34.5 Å². The predicted molar refractivity (Wildman–Crippen MR) is 117 cm³/mol. The molecule has 2 aromatic carbocycles. The molecule has 1 aliphatic rings. The summed E-state index contributed by atoms with van der Waals surface area (Å²) in [5.74, 6) is 0.870. The minimum Gasteiger partial charge on any atom is -0.492 e. The van der Waals surface area contributed by atoms with Crippen LogP contribution in [0.5, 0.6) is 5.75 Å². The molecule has 3 rings (SSSR count). The first-order valence-electron chi connectivity index (χ1n) is 10.2. The van der Waals surface area contributed by atoms with Crippen LogP contribution in [0.25, 0.3) is 0 Å². The number of hydrogen-bond donors (Lipinski definition) is 1. The SMILES string of the molecule is CN(CCOc1ccc(Cl)cc1)CC(=O)NC1CCN(Cc2ccccc2)CC1. The van der Waals surface area contributed by atoms with Gasteiger partial charge in [-0.1, -0.05) is 41.9 Å². The van der Waals surface area contributed by atoms with Crippen LogP contribution >= 0.6 is 11.6 Å². The van der Waals surface area contributed by atoms with Crippen LogP contribution in [0.1, 0.15) is 18.4 Å². The van der Waals surface area contributed by atoms with E-state index < -0.39 is 0 Å². The summed E-state index contributed by atoms with van der Waals surface area (Å²) in [6, 6.07) is 18.1. The van der Waals surface area contributed by atoms with E-state index in [1.54, 1.807) is 12.1 Å². The average Bonchev–Trinajstić information content (AvgIpc) is 2.72. The summed E-state index contributed by atoms with van der Waals surface area (Å²) < 4.78 is 5.69. The summed E-state index contributed by atoms with van der Waals surface area (Å²) in [5.41, 5.74) is 1.34. The number of amides is 1. The molecule has 0 aliphatic carbocycles. The fourth-order valence-corrected chi connectivity index (χ4v) is 3.65. The molecule has 6 heteroatoms. The first kappa shape index (κ1) is 21.6. The molecular formula is C23H30ClN3O2. The van der Waals surface area contributed by atoms with Crippen LogP contribution in [0.4, 0.5) is 0 Å². The van der Waals surface area contributed by atoms with Crippen molar-refractivity contribution < 1.29 is 9.53 Å². The van der Waals surface area contributed by atoms with Gasteiger partial charge in [0.2, 0.25) is 5.91 Å². The van der Waals surface area contributed by atoms with Gasteiger partial charge in [-0.25, -0.2) is 0 Å². The number of benzene rings is 2. The number of halogens is 1. The van der Waals surface area contributed by atoms with E-state index in [1.807, 2.05) is 30.1 Å². The van der Waals surface area contributed by atoms with Crippen molar-refractivity contribution in [3.63, 3.8) is 0 Å². The molecule has 0 radical (unpaired) electrons. The first-order valence-corrected chi connectivity index (χ1v) is 10.6. The number of rotatable bonds is 9. The normalized spacial score (nSPS) is 15.4. The van der Waals surface area contributed by atoms with Crippen molar-refractivity contribution in [2.45, 2.75) is 25.4 Å². The van der Waals surface area contributed by atoms with E-state index >= 15 is 0 Å². The Kier molecular flexibility index (Phi) is 8.35. The first-order chi connectivity index (χ1) is 14.1. The van der Waals surface area contributed by atoms with E-state index in [-0.39, 0.29) is 11.9 Å². The Morgan fingerprint density at radius 1 is 1.14 bits per heavy atom. The highest BCUT2D eigenvalue weighted by Crippen LogP contribution is 2.15. The summed E-state index contributed by atoms with van der Waals surface area (Å²) >= 11 is 5.87. The standard InChI is InChI=1S/C23H30ClN3O2/c1-26(15-16-29-22-9-7-20(24)8-10-22)18-23(28)25-21-11-13-27(14-12-21)17-19-5-3-2-4-6-19/h2-10,21H,11-18H2,1H3,(H,25,28). The number of carbonyl (C=O) groups is 1. The lowest BCUT2D eigenvalue weighted by molar-refractivity contribution is -0.123. The molecule has 0 spiro atoms. The minimum atomic E-state index is 0.0838. The molecule has 1 heterocycles. The average molecular weight is 416 g/mol. The number of ether oxygens (including phenoxy) is 1. The van der Waals surface area contributed by atoms with Crippen molar-refractivity contribution in [2.24, 2.45) is 0 Å². The number of likely N-dealkylation sites (tertiary alicyclic amines) is 1. The van der Waals surface area contributed by atoms with Gasteiger partial charge >= 0.3 is 0 Å². The highest BCUT2D eigenvalue weighted by atomic mass is 35.5. The van der Waals surface area contributed by atoms with E-state index in [0.29, 0.717) is 24.7 Å². The Bertz CT molecular complexity index is 746. The quantitative estimate of drug-likeness (QED) is 0.681. The Hall–Kier alpha value is -2.08. The molecule has 1 fully saturated rings. The number of nitrogens with one attached hydrogen (secondary N) is 1. The molecule has 29 heavy (non-hydrogen) atoms. The van der Waals surface area contributed by atoms with Gasteiger partial charge in [-0.05, 0) is 49.7 Å². The van der Waals surface area contributed by atoms with Crippen molar-refractivity contribution in [3.05, 3.63) is 65.2 Å². The molecule has 0 bridgehead atoms. The van der Waals surface area contributed by atoms with Crippen LogP contribution in [-0.2, 0) is 11.3 Å². The fraction of sp³-hybridized carbons (Fsp3) is 0.435. The number of likely N-dealkylation sites (N-methyl/N-ethyl adjacent to an activating group) is 1. The molecule has 1 amide bonds. The Labute approximate surface area is 178 Å². The highest BCUT2D eigenvalue weighted by Gasteiger charge is 2.21. The van der Waals surface area contributed by atoms with Gasteiger partial charge in [0.25, 0.3) is 0 Å². The molecule has 1 aliphatic heterocycles. The topological polar surface area (TPSA) is 44.8 Å². The second-order valence-corrected chi connectivity index (χ2v) is 8.08. The van der Waals surface area contributed by atoms with Crippen LogP contribution in [-0.4, -0.2) is 61.6 Å². The second kappa shape index (κ2) is 11.2. The van der Waals surface area contributed by atoms with Crippen LogP contribution in [0.15, 0.2) is 54.6 Å². The second-order valence-electron chi connectivity index (χ2n) is 7.64. The maximum absolute atomic E-state index is 12.3. The molecule has 5 nitrogen and oxygen atoms in total. The minimum absolute atomic E-state index is 0.0838. The van der Waals surface area contributed by atoms with Gasteiger partial charge in [0.05, 0.1) is 6.54 Å². The lowest BCUT2D eigenvalue weighted by atomic mass is 10.0. The van der Waals surface area contributed by atoms with Gasteiger partial charge in [-0.3, -0.25) is 14.6 Å². The number of piperidine rings is 1. The zero-order valence-electron chi connectivity index (χ0n) is 17.0. The summed E-state index contributed by atoms with van der Waals surface area (Å²) in [7, 11) is 1.94. The van der Waals surface area contributed by atoms with Crippen molar-refractivity contribution in [2.75, 3.05) is 39.8 Å².